The second-order valence-corrected chi connectivity index (χ2v) is 2.12. The lowest BCUT2D eigenvalue weighted by Gasteiger charge is -1.94. The Bertz CT molecular complexity index is 361. The zero-order valence-electron chi connectivity index (χ0n) is 6.43. The predicted molar refractivity (Wildman–Crippen MR) is 36.4 cm³/mol. The lowest BCUT2D eigenvalue weighted by Crippen LogP contribution is -2.07. The molecule has 0 N–H and O–H groups in total. The smallest absolute Gasteiger partial charge is 0.390 e. The summed E-state index contributed by atoms with van der Waals surface area (Å²) in [5.74, 6) is -1.87. The molecule has 13 heavy (non-hydrogen) atoms. The van der Waals surface area contributed by atoms with E-state index in [2.05, 4.69) is 9.93 Å². The van der Waals surface area contributed by atoms with Gasteiger partial charge in [0.25, 0.3) is 0 Å². The fourth-order valence-electron chi connectivity index (χ4n) is 0.799. The first-order chi connectivity index (χ1) is 6.07. The van der Waals surface area contributed by atoms with Crippen LogP contribution in [0.2, 0.25) is 0 Å². The molecular formula is C5H4FN3O4. The molecule has 0 aromatic carbocycles. The molecule has 0 bridgehead atoms. The van der Waals surface area contributed by atoms with Gasteiger partial charge < -0.3 is 10.1 Å². The molecule has 1 heterocycles. The number of hydrogen-bond donors (Lipinski definition) is 0. The van der Waals surface area contributed by atoms with Gasteiger partial charge in [-0.15, -0.1) is 0 Å². The average Bonchev–Trinajstić information content (AvgIpc) is 2.46. The summed E-state index contributed by atoms with van der Waals surface area (Å²) in [5.41, 5.74) is -0.325. The van der Waals surface area contributed by atoms with Crippen LogP contribution in [0.4, 0.5) is 10.5 Å². The van der Waals surface area contributed by atoms with Crippen molar-refractivity contribution in [3.05, 3.63) is 22.0 Å². The molecule has 0 amide bonds. The van der Waals surface area contributed by atoms with E-state index in [-0.39, 0.29) is 5.69 Å². The zero-order valence-corrected chi connectivity index (χ0v) is 6.43. The highest BCUT2D eigenvalue weighted by atomic mass is 19.3. The average molecular weight is 189 g/mol. The van der Waals surface area contributed by atoms with Crippen LogP contribution in [0, 0.1) is 10.1 Å². The standard InChI is InChI=1S/C5H4FN3O4/c1-8-3(4(10)13-6)2-7-5(8)9(11)12/h2H,1H3. The Morgan fingerprint density at radius 3 is 2.85 bits per heavy atom. The fourth-order valence-corrected chi connectivity index (χ4v) is 0.799. The Morgan fingerprint density at radius 2 is 2.46 bits per heavy atom. The molecule has 1 aromatic heterocycles. The first-order valence-electron chi connectivity index (χ1n) is 3.07. The highest BCUT2D eigenvalue weighted by Crippen LogP contribution is 2.11. The van der Waals surface area contributed by atoms with Crippen LogP contribution in [0.1, 0.15) is 10.5 Å². The summed E-state index contributed by atoms with van der Waals surface area (Å²) in [7, 11) is 1.21. The van der Waals surface area contributed by atoms with Gasteiger partial charge in [0.05, 0.1) is 7.05 Å². The van der Waals surface area contributed by atoms with Crippen LogP contribution in [0.15, 0.2) is 6.20 Å². The van der Waals surface area contributed by atoms with Gasteiger partial charge in [0, 0.05) is 4.53 Å². The van der Waals surface area contributed by atoms with Crippen LogP contribution in [-0.2, 0) is 12.0 Å². The quantitative estimate of drug-likeness (QED) is 0.495. The van der Waals surface area contributed by atoms with E-state index >= 15 is 0 Å². The van der Waals surface area contributed by atoms with Crippen molar-refractivity contribution in [1.29, 1.82) is 0 Å². The minimum absolute atomic E-state index is 0.325. The number of nitrogens with zero attached hydrogens (tertiary/aromatic N) is 3. The monoisotopic (exact) mass is 189 g/mol. The van der Waals surface area contributed by atoms with E-state index in [1.54, 1.807) is 0 Å². The van der Waals surface area contributed by atoms with Gasteiger partial charge in [-0.1, -0.05) is 4.98 Å². The first-order valence-corrected chi connectivity index (χ1v) is 3.07. The Balaban J connectivity index is 3.13. The molecule has 0 fully saturated rings. The maximum absolute atomic E-state index is 11.4. The normalized spacial score (nSPS) is 9.69. The molecular weight excluding hydrogens is 185 g/mol. The molecule has 70 valence electrons. The lowest BCUT2D eigenvalue weighted by atomic mass is 10.5. The lowest BCUT2D eigenvalue weighted by molar-refractivity contribution is -0.396. The summed E-state index contributed by atoms with van der Waals surface area (Å²) in [6.07, 6.45) is 0.861. The largest absolute Gasteiger partial charge is 0.435 e. The fraction of sp³-hybridized carbons (Fsp3) is 0.200. The van der Waals surface area contributed by atoms with Gasteiger partial charge >= 0.3 is 11.9 Å². The molecule has 0 spiro atoms. The topological polar surface area (TPSA) is 87.3 Å². The molecule has 0 aliphatic rings. The number of carbonyl (C=O) groups is 1. The number of nitro groups is 1. The maximum atomic E-state index is 11.4. The van der Waals surface area contributed by atoms with E-state index in [1.807, 2.05) is 0 Å². The molecule has 0 unspecified atom stereocenters. The third-order valence-corrected chi connectivity index (χ3v) is 1.41. The van der Waals surface area contributed by atoms with Crippen LogP contribution < -0.4 is 0 Å². The van der Waals surface area contributed by atoms with Gasteiger partial charge in [0.15, 0.2) is 6.20 Å². The molecule has 0 saturated carbocycles. The first kappa shape index (κ1) is 9.10. The van der Waals surface area contributed by atoms with Crippen molar-refractivity contribution >= 4 is 11.9 Å². The van der Waals surface area contributed by atoms with E-state index in [0.717, 1.165) is 10.8 Å². The van der Waals surface area contributed by atoms with Crippen LogP contribution >= 0.6 is 0 Å². The van der Waals surface area contributed by atoms with Crippen molar-refractivity contribution in [2.24, 2.45) is 7.05 Å². The van der Waals surface area contributed by atoms with Gasteiger partial charge in [0.2, 0.25) is 5.69 Å². The molecule has 0 aliphatic heterocycles. The Labute approximate surface area is 70.8 Å². The number of imidazole rings is 1. The Hall–Kier alpha value is -1.99. The van der Waals surface area contributed by atoms with Crippen molar-refractivity contribution in [2.45, 2.75) is 0 Å². The second kappa shape index (κ2) is 3.17. The third kappa shape index (κ3) is 1.45. The third-order valence-electron chi connectivity index (χ3n) is 1.41. The second-order valence-electron chi connectivity index (χ2n) is 2.12. The Morgan fingerprint density at radius 1 is 1.85 bits per heavy atom. The van der Waals surface area contributed by atoms with Crippen molar-refractivity contribution in [3.8, 4) is 0 Å². The van der Waals surface area contributed by atoms with Crippen molar-refractivity contribution in [1.82, 2.24) is 9.55 Å². The molecule has 0 radical (unpaired) electrons. The van der Waals surface area contributed by atoms with E-state index in [4.69, 9.17) is 0 Å². The predicted octanol–water partition coefficient (Wildman–Crippen LogP) is 0.370. The van der Waals surface area contributed by atoms with Crippen molar-refractivity contribution in [3.63, 3.8) is 0 Å². The number of carbonyl (C=O) groups excluding carboxylic acids is 1. The SMILES string of the molecule is Cn1c(C(=O)OF)cnc1[N+](=O)[O-]. The zero-order chi connectivity index (χ0) is 10.0. The van der Waals surface area contributed by atoms with Crippen LogP contribution in [-0.4, -0.2) is 20.4 Å². The Kier molecular flexibility index (Phi) is 2.22. The number of rotatable bonds is 2. The van der Waals surface area contributed by atoms with Crippen molar-refractivity contribution < 1.29 is 19.2 Å². The summed E-state index contributed by atoms with van der Waals surface area (Å²) < 4.78 is 12.2. The minimum Gasteiger partial charge on any atom is -0.390 e. The number of aromatic nitrogens is 2. The molecule has 0 saturated heterocycles. The van der Waals surface area contributed by atoms with Gasteiger partial charge in [-0.05, 0) is 4.92 Å². The van der Waals surface area contributed by atoms with Crippen molar-refractivity contribution in [2.75, 3.05) is 0 Å². The molecule has 7 nitrogen and oxygen atoms in total. The number of halogens is 1. The minimum atomic E-state index is -1.32. The van der Waals surface area contributed by atoms with Gasteiger partial charge in [-0.2, -0.15) is 0 Å². The summed E-state index contributed by atoms with van der Waals surface area (Å²) in [4.78, 5) is 26.2. The molecule has 0 aliphatic carbocycles. The van der Waals surface area contributed by atoms with Gasteiger partial charge in [0.1, 0.15) is 0 Å². The highest BCUT2D eigenvalue weighted by Gasteiger charge is 2.24. The molecule has 1 rings (SSSR count). The molecule has 8 heteroatoms. The highest BCUT2D eigenvalue weighted by molar-refractivity contribution is 5.87. The maximum Gasteiger partial charge on any atom is 0.435 e. The molecule has 0 atom stereocenters. The van der Waals surface area contributed by atoms with E-state index < -0.39 is 16.8 Å². The van der Waals surface area contributed by atoms with Gasteiger partial charge in [-0.3, -0.25) is 0 Å². The molecule has 1 aromatic rings. The van der Waals surface area contributed by atoms with E-state index in [9.17, 15) is 19.4 Å². The number of hydrogen-bond acceptors (Lipinski definition) is 5. The summed E-state index contributed by atoms with van der Waals surface area (Å²) in [6, 6.07) is 0. The van der Waals surface area contributed by atoms with E-state index in [0.29, 0.717) is 0 Å². The van der Waals surface area contributed by atoms with Gasteiger partial charge in [-0.25, -0.2) is 14.3 Å². The summed E-state index contributed by atoms with van der Waals surface area (Å²) in [6.45, 7) is 0. The van der Waals surface area contributed by atoms with Crippen LogP contribution in [0.25, 0.3) is 0 Å². The summed E-state index contributed by atoms with van der Waals surface area (Å²) in [5, 5.41) is 10.2. The van der Waals surface area contributed by atoms with Crippen LogP contribution in [0.5, 0.6) is 0 Å². The van der Waals surface area contributed by atoms with Crippen LogP contribution in [0.3, 0.4) is 0 Å². The summed E-state index contributed by atoms with van der Waals surface area (Å²) >= 11 is 0. The van der Waals surface area contributed by atoms with E-state index in [1.165, 1.54) is 7.05 Å².